The van der Waals surface area contributed by atoms with Crippen LogP contribution in [0.2, 0.25) is 0 Å². The summed E-state index contributed by atoms with van der Waals surface area (Å²) in [6.07, 6.45) is 3.54. The maximum Gasteiger partial charge on any atom is 0.236 e. The van der Waals surface area contributed by atoms with Crippen LogP contribution in [-0.4, -0.2) is 49.1 Å². The summed E-state index contributed by atoms with van der Waals surface area (Å²) in [6, 6.07) is 0.429. The molecule has 2 N–H and O–H groups in total. The van der Waals surface area contributed by atoms with Gasteiger partial charge in [0, 0.05) is 12.6 Å². The smallest absolute Gasteiger partial charge is 0.236 e. The molecule has 17 heavy (non-hydrogen) atoms. The Kier molecular flexibility index (Phi) is 6.52. The normalized spacial score (nSPS) is 20.2. The fourth-order valence-corrected chi connectivity index (χ4v) is 2.40. The molecule has 1 fully saturated rings. The highest BCUT2D eigenvalue weighted by Crippen LogP contribution is 2.11. The third-order valence-corrected chi connectivity index (χ3v) is 3.36. The number of nitrogens with zero attached hydrogens (tertiary/aromatic N) is 1. The monoisotopic (exact) mass is 241 g/mol. The number of carbonyl (C=O) groups excluding carboxylic acids is 1. The van der Waals surface area contributed by atoms with Gasteiger partial charge in [-0.25, -0.2) is 0 Å². The standard InChI is InChI=1S/C13H27N3O/c1-4-8-16-9-6-12(7-10-16)15-11(3)13(17)14-5-2/h11-12,15H,4-10H2,1-3H3,(H,14,17). The molecule has 0 aromatic heterocycles. The number of likely N-dealkylation sites (tertiary alicyclic amines) is 1. The summed E-state index contributed by atoms with van der Waals surface area (Å²) in [5.74, 6) is 0.114. The Labute approximate surface area is 105 Å². The van der Waals surface area contributed by atoms with E-state index in [4.69, 9.17) is 0 Å². The Morgan fingerprint density at radius 1 is 1.35 bits per heavy atom. The van der Waals surface area contributed by atoms with E-state index in [0.717, 1.165) is 25.9 Å². The second-order valence-corrected chi connectivity index (χ2v) is 4.90. The number of likely N-dealkylation sites (N-methyl/N-ethyl adjacent to an activating group) is 1. The van der Waals surface area contributed by atoms with Crippen molar-refractivity contribution in [3.8, 4) is 0 Å². The van der Waals surface area contributed by atoms with Gasteiger partial charge in [0.25, 0.3) is 0 Å². The van der Waals surface area contributed by atoms with Crippen LogP contribution in [0.4, 0.5) is 0 Å². The molecule has 0 spiro atoms. The minimum atomic E-state index is -0.0716. The number of hydrogen-bond donors (Lipinski definition) is 2. The number of hydrogen-bond acceptors (Lipinski definition) is 3. The van der Waals surface area contributed by atoms with Gasteiger partial charge in [-0.05, 0) is 52.7 Å². The van der Waals surface area contributed by atoms with Gasteiger partial charge < -0.3 is 15.5 Å². The molecule has 1 heterocycles. The highest BCUT2D eigenvalue weighted by Gasteiger charge is 2.21. The van der Waals surface area contributed by atoms with Crippen LogP contribution >= 0.6 is 0 Å². The van der Waals surface area contributed by atoms with Crippen LogP contribution in [0.5, 0.6) is 0 Å². The predicted octanol–water partition coefficient (Wildman–Crippen LogP) is 0.975. The molecule has 0 aromatic rings. The third-order valence-electron chi connectivity index (χ3n) is 3.36. The average molecular weight is 241 g/mol. The summed E-state index contributed by atoms with van der Waals surface area (Å²) in [6.45, 7) is 10.4. The molecule has 1 aliphatic rings. The van der Waals surface area contributed by atoms with E-state index in [2.05, 4.69) is 22.5 Å². The van der Waals surface area contributed by atoms with Gasteiger partial charge in [-0.2, -0.15) is 0 Å². The molecule has 1 unspecified atom stereocenters. The van der Waals surface area contributed by atoms with Crippen molar-refractivity contribution in [2.45, 2.75) is 52.1 Å². The van der Waals surface area contributed by atoms with E-state index < -0.39 is 0 Å². The summed E-state index contributed by atoms with van der Waals surface area (Å²) >= 11 is 0. The topological polar surface area (TPSA) is 44.4 Å². The van der Waals surface area contributed by atoms with Crippen molar-refractivity contribution in [1.29, 1.82) is 0 Å². The van der Waals surface area contributed by atoms with E-state index in [1.165, 1.54) is 13.0 Å². The van der Waals surface area contributed by atoms with E-state index in [9.17, 15) is 4.79 Å². The van der Waals surface area contributed by atoms with Crippen LogP contribution in [-0.2, 0) is 4.79 Å². The number of amides is 1. The van der Waals surface area contributed by atoms with Crippen molar-refractivity contribution in [3.63, 3.8) is 0 Å². The minimum absolute atomic E-state index is 0.0716. The van der Waals surface area contributed by atoms with Crippen LogP contribution < -0.4 is 10.6 Å². The van der Waals surface area contributed by atoms with Gasteiger partial charge in [-0.15, -0.1) is 0 Å². The second kappa shape index (κ2) is 7.67. The summed E-state index contributed by atoms with van der Waals surface area (Å²) < 4.78 is 0. The lowest BCUT2D eigenvalue weighted by Gasteiger charge is -2.33. The number of carbonyl (C=O) groups is 1. The molecule has 1 saturated heterocycles. The van der Waals surface area contributed by atoms with Crippen molar-refractivity contribution < 1.29 is 4.79 Å². The van der Waals surface area contributed by atoms with Gasteiger partial charge >= 0.3 is 0 Å². The molecule has 0 bridgehead atoms. The van der Waals surface area contributed by atoms with Crippen LogP contribution in [0.3, 0.4) is 0 Å². The molecule has 0 saturated carbocycles. The molecule has 4 nitrogen and oxygen atoms in total. The summed E-state index contributed by atoms with van der Waals surface area (Å²) in [5.41, 5.74) is 0. The van der Waals surface area contributed by atoms with Gasteiger partial charge in [0.15, 0.2) is 0 Å². The Balaban J connectivity index is 2.23. The third kappa shape index (κ3) is 5.04. The van der Waals surface area contributed by atoms with Crippen LogP contribution in [0.25, 0.3) is 0 Å². The minimum Gasteiger partial charge on any atom is -0.355 e. The molecule has 1 atom stereocenters. The molecule has 1 rings (SSSR count). The van der Waals surface area contributed by atoms with Gasteiger partial charge in [0.1, 0.15) is 0 Å². The van der Waals surface area contributed by atoms with Gasteiger partial charge in [0.2, 0.25) is 5.91 Å². The van der Waals surface area contributed by atoms with E-state index in [-0.39, 0.29) is 11.9 Å². The van der Waals surface area contributed by atoms with Crippen molar-refractivity contribution in [1.82, 2.24) is 15.5 Å². The van der Waals surface area contributed by atoms with Crippen molar-refractivity contribution in [2.24, 2.45) is 0 Å². The van der Waals surface area contributed by atoms with E-state index in [1.54, 1.807) is 0 Å². The van der Waals surface area contributed by atoms with E-state index in [0.29, 0.717) is 12.6 Å². The summed E-state index contributed by atoms with van der Waals surface area (Å²) in [7, 11) is 0. The average Bonchev–Trinajstić information content (AvgIpc) is 2.32. The Morgan fingerprint density at radius 2 is 2.00 bits per heavy atom. The zero-order valence-corrected chi connectivity index (χ0v) is 11.5. The molecule has 4 heteroatoms. The summed E-state index contributed by atoms with van der Waals surface area (Å²) in [4.78, 5) is 14.1. The first kappa shape index (κ1) is 14.5. The van der Waals surface area contributed by atoms with E-state index in [1.807, 2.05) is 13.8 Å². The van der Waals surface area contributed by atoms with Crippen molar-refractivity contribution in [3.05, 3.63) is 0 Å². The van der Waals surface area contributed by atoms with Gasteiger partial charge in [-0.1, -0.05) is 6.92 Å². The van der Waals surface area contributed by atoms with Gasteiger partial charge in [-0.3, -0.25) is 4.79 Å². The Bertz CT molecular complexity index is 225. The SMILES string of the molecule is CCCN1CCC(NC(C)C(=O)NCC)CC1. The zero-order valence-electron chi connectivity index (χ0n) is 11.5. The van der Waals surface area contributed by atoms with E-state index >= 15 is 0 Å². The first-order valence-corrected chi connectivity index (χ1v) is 6.93. The molecule has 0 aromatic carbocycles. The number of rotatable bonds is 6. The fraction of sp³-hybridized carbons (Fsp3) is 0.923. The molecule has 100 valence electrons. The fourth-order valence-electron chi connectivity index (χ4n) is 2.40. The maximum atomic E-state index is 11.6. The zero-order chi connectivity index (χ0) is 12.7. The summed E-state index contributed by atoms with van der Waals surface area (Å²) in [5, 5.41) is 6.28. The lowest BCUT2D eigenvalue weighted by molar-refractivity contribution is -0.122. The predicted molar refractivity (Wildman–Crippen MR) is 71.0 cm³/mol. The molecule has 0 aliphatic carbocycles. The van der Waals surface area contributed by atoms with Crippen molar-refractivity contribution >= 4 is 5.91 Å². The molecular weight excluding hydrogens is 214 g/mol. The lowest BCUT2D eigenvalue weighted by Crippen LogP contribution is -2.50. The molecule has 1 amide bonds. The molecule has 0 radical (unpaired) electrons. The number of nitrogens with one attached hydrogen (secondary N) is 2. The second-order valence-electron chi connectivity index (χ2n) is 4.90. The van der Waals surface area contributed by atoms with Crippen LogP contribution in [0, 0.1) is 0 Å². The number of piperidine rings is 1. The maximum absolute atomic E-state index is 11.6. The highest BCUT2D eigenvalue weighted by atomic mass is 16.2. The highest BCUT2D eigenvalue weighted by molar-refractivity contribution is 5.81. The Morgan fingerprint density at radius 3 is 2.53 bits per heavy atom. The lowest BCUT2D eigenvalue weighted by atomic mass is 10.0. The first-order chi connectivity index (χ1) is 8.17. The van der Waals surface area contributed by atoms with Gasteiger partial charge in [0.05, 0.1) is 6.04 Å². The largest absolute Gasteiger partial charge is 0.355 e. The van der Waals surface area contributed by atoms with Crippen LogP contribution in [0.15, 0.2) is 0 Å². The Hall–Kier alpha value is -0.610. The molecular formula is C13H27N3O. The quantitative estimate of drug-likeness (QED) is 0.728. The first-order valence-electron chi connectivity index (χ1n) is 6.93. The van der Waals surface area contributed by atoms with Crippen molar-refractivity contribution in [2.75, 3.05) is 26.2 Å². The molecule has 1 aliphatic heterocycles. The van der Waals surface area contributed by atoms with Crippen LogP contribution in [0.1, 0.15) is 40.0 Å².